The number of fused-ring (bicyclic) bond motifs is 1. The van der Waals surface area contributed by atoms with Gasteiger partial charge < -0.3 is 19.5 Å². The van der Waals surface area contributed by atoms with Gasteiger partial charge in [0.25, 0.3) is 5.56 Å². The zero-order valence-electron chi connectivity index (χ0n) is 17.9. The molecule has 0 fully saturated rings. The molecule has 3 rings (SSSR count). The van der Waals surface area contributed by atoms with Crippen LogP contribution in [0.5, 0.6) is 5.75 Å². The van der Waals surface area contributed by atoms with E-state index in [2.05, 4.69) is 4.98 Å². The van der Waals surface area contributed by atoms with Crippen molar-refractivity contribution in [1.82, 2.24) is 14.8 Å². The van der Waals surface area contributed by atoms with Crippen molar-refractivity contribution in [3.8, 4) is 5.75 Å². The molecule has 6 nitrogen and oxygen atoms in total. The number of carbonyl (C=O) groups is 1. The van der Waals surface area contributed by atoms with E-state index in [1.165, 1.54) is 0 Å². The number of pyridine rings is 1. The van der Waals surface area contributed by atoms with Crippen LogP contribution in [0.4, 0.5) is 4.79 Å². The molecule has 0 aliphatic heterocycles. The Hall–Kier alpha value is -3.28. The number of rotatable bonds is 8. The molecule has 3 aromatic rings. The molecule has 6 heteroatoms. The van der Waals surface area contributed by atoms with Crippen LogP contribution in [0.15, 0.2) is 59.4 Å². The lowest BCUT2D eigenvalue weighted by Crippen LogP contribution is -2.43. The fourth-order valence-corrected chi connectivity index (χ4v) is 3.50. The molecule has 0 radical (unpaired) electrons. The normalized spacial score (nSPS) is 10.8. The molecule has 0 spiro atoms. The summed E-state index contributed by atoms with van der Waals surface area (Å²) in [6, 6.07) is 17.2. The summed E-state index contributed by atoms with van der Waals surface area (Å²) in [6.45, 7) is 8.33. The largest absolute Gasteiger partial charge is 0.494 e. The van der Waals surface area contributed by atoms with E-state index in [4.69, 9.17) is 4.74 Å². The zero-order chi connectivity index (χ0) is 21.5. The highest BCUT2D eigenvalue weighted by molar-refractivity contribution is 5.81. The van der Waals surface area contributed by atoms with E-state index in [0.717, 1.165) is 22.2 Å². The van der Waals surface area contributed by atoms with E-state index in [1.54, 1.807) is 9.80 Å². The molecule has 30 heavy (non-hydrogen) atoms. The average Bonchev–Trinajstić information content (AvgIpc) is 2.75. The van der Waals surface area contributed by atoms with Gasteiger partial charge in [0, 0.05) is 36.1 Å². The summed E-state index contributed by atoms with van der Waals surface area (Å²) in [5, 5.41) is 0.880. The monoisotopic (exact) mass is 407 g/mol. The molecular weight excluding hydrogens is 378 g/mol. The number of ether oxygens (including phenoxy) is 1. The number of aromatic nitrogens is 1. The van der Waals surface area contributed by atoms with E-state index in [1.807, 2.05) is 75.4 Å². The Morgan fingerprint density at radius 3 is 2.33 bits per heavy atom. The highest BCUT2D eigenvalue weighted by atomic mass is 16.5. The van der Waals surface area contributed by atoms with Gasteiger partial charge in [0.2, 0.25) is 0 Å². The van der Waals surface area contributed by atoms with Gasteiger partial charge >= 0.3 is 6.03 Å². The molecule has 0 saturated heterocycles. The van der Waals surface area contributed by atoms with Crippen molar-refractivity contribution in [3.63, 3.8) is 0 Å². The Morgan fingerprint density at radius 2 is 1.67 bits per heavy atom. The quantitative estimate of drug-likeness (QED) is 0.602. The Balaban J connectivity index is 1.95. The molecular formula is C24H29N3O3. The molecule has 1 heterocycles. The maximum absolute atomic E-state index is 13.1. The zero-order valence-corrected chi connectivity index (χ0v) is 17.9. The lowest BCUT2D eigenvalue weighted by atomic mass is 10.1. The number of benzene rings is 2. The van der Waals surface area contributed by atoms with Crippen molar-refractivity contribution in [2.45, 2.75) is 33.9 Å². The molecule has 0 aliphatic carbocycles. The van der Waals surface area contributed by atoms with E-state index in [-0.39, 0.29) is 18.1 Å². The number of nitrogens with one attached hydrogen (secondary N) is 1. The second kappa shape index (κ2) is 9.96. The SMILES string of the molecule is CCOc1ccc2[nH]c(=O)c(CN(Cc3ccccc3)C(=O)N(CC)CC)cc2c1. The molecule has 0 unspecified atom stereocenters. The Kier molecular flexibility index (Phi) is 7.12. The third kappa shape index (κ3) is 5.00. The minimum Gasteiger partial charge on any atom is -0.494 e. The molecule has 0 atom stereocenters. The summed E-state index contributed by atoms with van der Waals surface area (Å²) < 4.78 is 5.58. The first-order chi connectivity index (χ1) is 14.5. The first kappa shape index (κ1) is 21.4. The molecule has 2 aromatic carbocycles. The molecule has 1 N–H and O–H groups in total. The third-order valence-corrected chi connectivity index (χ3v) is 5.09. The van der Waals surface area contributed by atoms with Gasteiger partial charge in [-0.05, 0) is 50.6 Å². The molecule has 2 amide bonds. The van der Waals surface area contributed by atoms with Crippen LogP contribution in [0.1, 0.15) is 31.9 Å². The highest BCUT2D eigenvalue weighted by Crippen LogP contribution is 2.20. The predicted octanol–water partition coefficient (Wildman–Crippen LogP) is 4.39. The van der Waals surface area contributed by atoms with Crippen LogP contribution in [-0.4, -0.2) is 40.5 Å². The number of hydrogen-bond acceptors (Lipinski definition) is 3. The summed E-state index contributed by atoms with van der Waals surface area (Å²) in [5.41, 5.74) is 2.13. The lowest BCUT2D eigenvalue weighted by molar-refractivity contribution is 0.151. The minimum absolute atomic E-state index is 0.0774. The minimum atomic E-state index is -0.183. The van der Waals surface area contributed by atoms with Gasteiger partial charge in [0.15, 0.2) is 0 Å². The number of hydrogen-bond donors (Lipinski definition) is 1. The summed E-state index contributed by atoms with van der Waals surface area (Å²) in [5.74, 6) is 0.753. The van der Waals surface area contributed by atoms with E-state index >= 15 is 0 Å². The number of amides is 2. The summed E-state index contributed by atoms with van der Waals surface area (Å²) in [6.07, 6.45) is 0. The average molecular weight is 408 g/mol. The molecule has 1 aromatic heterocycles. The Labute approximate surface area is 177 Å². The van der Waals surface area contributed by atoms with Crippen molar-refractivity contribution in [3.05, 3.63) is 76.1 Å². The summed E-state index contributed by atoms with van der Waals surface area (Å²) in [7, 11) is 0. The predicted molar refractivity (Wildman–Crippen MR) is 120 cm³/mol. The number of H-pyrrole nitrogens is 1. The van der Waals surface area contributed by atoms with Crippen LogP contribution in [-0.2, 0) is 13.1 Å². The van der Waals surface area contributed by atoms with Gasteiger partial charge in [-0.1, -0.05) is 30.3 Å². The second-order valence-electron chi connectivity index (χ2n) is 7.10. The fourth-order valence-electron chi connectivity index (χ4n) is 3.50. The maximum Gasteiger partial charge on any atom is 0.320 e. The Morgan fingerprint density at radius 1 is 0.933 bits per heavy atom. The lowest BCUT2D eigenvalue weighted by Gasteiger charge is -2.29. The van der Waals surface area contributed by atoms with Crippen molar-refractivity contribution < 1.29 is 9.53 Å². The van der Waals surface area contributed by atoms with E-state index < -0.39 is 0 Å². The second-order valence-corrected chi connectivity index (χ2v) is 7.10. The van der Waals surface area contributed by atoms with Crippen LogP contribution < -0.4 is 10.3 Å². The highest BCUT2D eigenvalue weighted by Gasteiger charge is 2.20. The third-order valence-electron chi connectivity index (χ3n) is 5.09. The van der Waals surface area contributed by atoms with Crippen LogP contribution in [0, 0.1) is 0 Å². The number of nitrogens with zero attached hydrogens (tertiary/aromatic N) is 2. The van der Waals surface area contributed by atoms with Crippen molar-refractivity contribution in [1.29, 1.82) is 0 Å². The van der Waals surface area contributed by atoms with E-state index in [9.17, 15) is 9.59 Å². The Bertz CT molecular complexity index is 1040. The standard InChI is InChI=1S/C24H29N3O3/c1-4-26(5-2)24(29)27(16-18-10-8-7-9-11-18)17-20-14-19-15-21(30-6-3)12-13-22(19)25-23(20)28/h7-15H,4-6,16-17H2,1-3H3,(H,25,28). The first-order valence-corrected chi connectivity index (χ1v) is 10.4. The van der Waals surface area contributed by atoms with Gasteiger partial charge in [-0.15, -0.1) is 0 Å². The number of urea groups is 1. The first-order valence-electron chi connectivity index (χ1n) is 10.4. The van der Waals surface area contributed by atoms with E-state index in [0.29, 0.717) is 31.8 Å². The summed E-state index contributed by atoms with van der Waals surface area (Å²) >= 11 is 0. The smallest absolute Gasteiger partial charge is 0.320 e. The van der Waals surface area contributed by atoms with Gasteiger partial charge in [-0.2, -0.15) is 0 Å². The fraction of sp³-hybridized carbons (Fsp3) is 0.333. The molecule has 0 saturated carbocycles. The number of carbonyl (C=O) groups excluding carboxylic acids is 1. The maximum atomic E-state index is 13.1. The molecule has 158 valence electrons. The van der Waals surface area contributed by atoms with Crippen LogP contribution in [0.2, 0.25) is 0 Å². The van der Waals surface area contributed by atoms with Crippen molar-refractivity contribution in [2.24, 2.45) is 0 Å². The summed E-state index contributed by atoms with van der Waals surface area (Å²) in [4.78, 5) is 32.3. The van der Waals surface area contributed by atoms with Crippen LogP contribution in [0.3, 0.4) is 0 Å². The van der Waals surface area contributed by atoms with Gasteiger partial charge in [0.05, 0.1) is 13.2 Å². The van der Waals surface area contributed by atoms with Gasteiger partial charge in [-0.25, -0.2) is 4.79 Å². The molecule has 0 bridgehead atoms. The van der Waals surface area contributed by atoms with Crippen molar-refractivity contribution >= 4 is 16.9 Å². The van der Waals surface area contributed by atoms with Crippen LogP contribution >= 0.6 is 0 Å². The van der Waals surface area contributed by atoms with Crippen LogP contribution in [0.25, 0.3) is 10.9 Å². The van der Waals surface area contributed by atoms with Crippen molar-refractivity contribution in [2.75, 3.05) is 19.7 Å². The number of aromatic amines is 1. The topological polar surface area (TPSA) is 65.6 Å². The van der Waals surface area contributed by atoms with Gasteiger partial charge in [0.1, 0.15) is 5.75 Å². The van der Waals surface area contributed by atoms with Gasteiger partial charge in [-0.3, -0.25) is 4.79 Å². The molecule has 0 aliphatic rings.